The molecular weight excluding hydrogens is 288 g/mol. The lowest BCUT2D eigenvalue weighted by molar-refractivity contribution is -0.117. The average molecular weight is 298 g/mol. The number of nitrogens with zero attached hydrogens (tertiary/aromatic N) is 3. The van der Waals surface area contributed by atoms with E-state index in [4.69, 9.17) is 11.6 Å². The van der Waals surface area contributed by atoms with Crippen LogP contribution in [-0.4, -0.2) is 32.6 Å². The van der Waals surface area contributed by atoms with Crippen molar-refractivity contribution in [2.24, 2.45) is 5.73 Å². The molecule has 0 fully saturated rings. The van der Waals surface area contributed by atoms with Crippen molar-refractivity contribution in [1.82, 2.24) is 20.2 Å². The Morgan fingerprint density at radius 3 is 2.89 bits per heavy atom. The first-order valence-corrected chi connectivity index (χ1v) is 6.91. The fourth-order valence-corrected chi connectivity index (χ4v) is 2.61. The summed E-state index contributed by atoms with van der Waals surface area (Å²) >= 11 is 2.55. The SMILES string of the molecule is NC(=O)NC(=O)CSc1nnc(-c2cccs2)n1N. The van der Waals surface area contributed by atoms with Crippen LogP contribution in [0.1, 0.15) is 0 Å². The van der Waals surface area contributed by atoms with Gasteiger partial charge < -0.3 is 11.6 Å². The molecule has 0 atom stereocenters. The third-order valence-corrected chi connectivity index (χ3v) is 3.81. The molecule has 0 bridgehead atoms. The number of nitrogens with one attached hydrogen (secondary N) is 1. The third-order valence-electron chi connectivity index (χ3n) is 2.00. The van der Waals surface area contributed by atoms with Gasteiger partial charge in [-0.15, -0.1) is 21.5 Å². The fourth-order valence-electron chi connectivity index (χ4n) is 1.25. The summed E-state index contributed by atoms with van der Waals surface area (Å²) in [7, 11) is 0. The number of nitrogen functional groups attached to an aromatic ring is 1. The number of carbonyl (C=O) groups is 2. The van der Waals surface area contributed by atoms with E-state index in [0.29, 0.717) is 11.0 Å². The molecule has 3 amide bonds. The maximum atomic E-state index is 11.2. The van der Waals surface area contributed by atoms with Crippen molar-refractivity contribution in [3.8, 4) is 10.7 Å². The summed E-state index contributed by atoms with van der Waals surface area (Å²) in [5.74, 6) is 5.82. The molecule has 0 saturated carbocycles. The van der Waals surface area contributed by atoms with Crippen molar-refractivity contribution in [3.05, 3.63) is 17.5 Å². The van der Waals surface area contributed by atoms with Gasteiger partial charge in [0.15, 0.2) is 5.82 Å². The molecule has 2 heterocycles. The first-order chi connectivity index (χ1) is 9.08. The molecule has 2 rings (SSSR count). The number of hydrogen-bond donors (Lipinski definition) is 3. The van der Waals surface area contributed by atoms with Gasteiger partial charge in [-0.2, -0.15) is 0 Å². The number of rotatable bonds is 4. The lowest BCUT2D eigenvalue weighted by Crippen LogP contribution is -2.36. The third kappa shape index (κ3) is 3.23. The highest BCUT2D eigenvalue weighted by Crippen LogP contribution is 2.24. The van der Waals surface area contributed by atoms with Gasteiger partial charge in [-0.25, -0.2) is 9.47 Å². The normalized spacial score (nSPS) is 10.3. The molecule has 19 heavy (non-hydrogen) atoms. The highest BCUT2D eigenvalue weighted by molar-refractivity contribution is 7.99. The maximum absolute atomic E-state index is 11.2. The Hall–Kier alpha value is -2.07. The van der Waals surface area contributed by atoms with Crippen LogP contribution in [0.4, 0.5) is 4.79 Å². The molecule has 0 aliphatic rings. The van der Waals surface area contributed by atoms with Crippen LogP contribution < -0.4 is 16.9 Å². The van der Waals surface area contributed by atoms with Crippen LogP contribution >= 0.6 is 23.1 Å². The summed E-state index contributed by atoms with van der Waals surface area (Å²) in [5, 5.41) is 12.1. The van der Waals surface area contributed by atoms with E-state index in [1.165, 1.54) is 16.0 Å². The molecular formula is C9H10N6O2S2. The van der Waals surface area contributed by atoms with E-state index in [9.17, 15) is 9.59 Å². The number of carbonyl (C=O) groups excluding carboxylic acids is 2. The molecule has 2 aromatic rings. The molecule has 10 heteroatoms. The van der Waals surface area contributed by atoms with Crippen LogP contribution in [-0.2, 0) is 4.79 Å². The van der Waals surface area contributed by atoms with E-state index in [1.807, 2.05) is 22.8 Å². The second-order valence-corrected chi connectivity index (χ2v) is 5.24. The minimum absolute atomic E-state index is 0.0251. The Labute approximate surface area is 116 Å². The van der Waals surface area contributed by atoms with Gasteiger partial charge in [-0.05, 0) is 11.4 Å². The lowest BCUT2D eigenvalue weighted by atomic mass is 10.4. The van der Waals surface area contributed by atoms with Gasteiger partial charge in [0.25, 0.3) is 0 Å². The van der Waals surface area contributed by atoms with Crippen molar-refractivity contribution in [3.63, 3.8) is 0 Å². The van der Waals surface area contributed by atoms with Crippen molar-refractivity contribution >= 4 is 35.0 Å². The zero-order valence-electron chi connectivity index (χ0n) is 9.57. The van der Waals surface area contributed by atoms with Crippen molar-refractivity contribution < 1.29 is 9.59 Å². The number of urea groups is 1. The van der Waals surface area contributed by atoms with E-state index in [0.717, 1.165) is 16.6 Å². The van der Waals surface area contributed by atoms with Crippen LogP contribution in [0, 0.1) is 0 Å². The number of amides is 3. The summed E-state index contributed by atoms with van der Waals surface area (Å²) in [4.78, 5) is 22.6. The summed E-state index contributed by atoms with van der Waals surface area (Å²) in [6.07, 6.45) is 0. The molecule has 8 nitrogen and oxygen atoms in total. The molecule has 100 valence electrons. The topological polar surface area (TPSA) is 129 Å². The zero-order chi connectivity index (χ0) is 13.8. The van der Waals surface area contributed by atoms with E-state index in [2.05, 4.69) is 10.2 Å². The molecule has 0 saturated heterocycles. The molecule has 0 radical (unpaired) electrons. The van der Waals surface area contributed by atoms with Gasteiger partial charge in [0.2, 0.25) is 11.1 Å². The van der Waals surface area contributed by atoms with Gasteiger partial charge >= 0.3 is 6.03 Å². The smallest absolute Gasteiger partial charge is 0.318 e. The van der Waals surface area contributed by atoms with Crippen LogP contribution in [0.5, 0.6) is 0 Å². The highest BCUT2D eigenvalue weighted by Gasteiger charge is 2.14. The van der Waals surface area contributed by atoms with E-state index in [1.54, 1.807) is 0 Å². The minimum Gasteiger partial charge on any atom is -0.351 e. The minimum atomic E-state index is -0.890. The number of imide groups is 1. The average Bonchev–Trinajstić information content (AvgIpc) is 2.95. The first-order valence-electron chi connectivity index (χ1n) is 5.04. The van der Waals surface area contributed by atoms with Gasteiger partial charge in [0.1, 0.15) is 0 Å². The van der Waals surface area contributed by atoms with Gasteiger partial charge in [-0.1, -0.05) is 17.8 Å². The van der Waals surface area contributed by atoms with Gasteiger partial charge in [-0.3, -0.25) is 10.1 Å². The molecule has 0 unspecified atom stereocenters. The Balaban J connectivity index is 2.03. The van der Waals surface area contributed by atoms with Gasteiger partial charge in [0, 0.05) is 0 Å². The summed E-state index contributed by atoms with van der Waals surface area (Å²) in [6, 6.07) is 2.85. The largest absolute Gasteiger partial charge is 0.351 e. The quantitative estimate of drug-likeness (QED) is 0.538. The van der Waals surface area contributed by atoms with E-state index >= 15 is 0 Å². The number of hydrogen-bond acceptors (Lipinski definition) is 7. The molecule has 2 aromatic heterocycles. The highest BCUT2D eigenvalue weighted by atomic mass is 32.2. The molecule has 0 aliphatic carbocycles. The summed E-state index contributed by atoms with van der Waals surface area (Å²) < 4.78 is 1.30. The molecule has 0 aliphatic heterocycles. The van der Waals surface area contributed by atoms with Crippen molar-refractivity contribution in [1.29, 1.82) is 0 Å². The van der Waals surface area contributed by atoms with E-state index in [-0.39, 0.29) is 5.75 Å². The lowest BCUT2D eigenvalue weighted by Gasteiger charge is -2.02. The second kappa shape index (κ2) is 5.71. The number of thiophene rings is 1. The Morgan fingerprint density at radius 2 is 2.26 bits per heavy atom. The van der Waals surface area contributed by atoms with Crippen LogP contribution in [0.25, 0.3) is 10.7 Å². The fraction of sp³-hybridized carbons (Fsp3) is 0.111. The number of primary amides is 1. The monoisotopic (exact) mass is 298 g/mol. The van der Waals surface area contributed by atoms with Crippen molar-refractivity contribution in [2.75, 3.05) is 11.6 Å². The zero-order valence-corrected chi connectivity index (χ0v) is 11.2. The number of nitrogens with two attached hydrogens (primary N) is 2. The second-order valence-electron chi connectivity index (χ2n) is 3.35. The summed E-state index contributed by atoms with van der Waals surface area (Å²) in [5.41, 5.74) is 4.82. The van der Waals surface area contributed by atoms with Crippen LogP contribution in [0.2, 0.25) is 0 Å². The number of aromatic nitrogens is 3. The predicted molar refractivity (Wildman–Crippen MR) is 71.9 cm³/mol. The molecule has 0 aromatic carbocycles. The Morgan fingerprint density at radius 1 is 1.47 bits per heavy atom. The van der Waals surface area contributed by atoms with Crippen LogP contribution in [0.15, 0.2) is 22.7 Å². The molecule has 5 N–H and O–H groups in total. The summed E-state index contributed by atoms with van der Waals surface area (Å²) in [6.45, 7) is 0. The molecule has 0 spiro atoms. The van der Waals surface area contributed by atoms with Crippen molar-refractivity contribution in [2.45, 2.75) is 5.16 Å². The predicted octanol–water partition coefficient (Wildman–Crippen LogP) is 0.00740. The van der Waals surface area contributed by atoms with Gasteiger partial charge in [0.05, 0.1) is 10.6 Å². The Bertz CT molecular complexity index is 594. The standard InChI is InChI=1S/C9H10N6O2S2/c10-8(17)12-6(16)4-19-9-14-13-7(15(9)11)5-2-1-3-18-5/h1-3H,4,11H2,(H3,10,12,16,17). The van der Waals surface area contributed by atoms with Crippen LogP contribution in [0.3, 0.4) is 0 Å². The first kappa shape index (κ1) is 13.4. The maximum Gasteiger partial charge on any atom is 0.318 e. The van der Waals surface area contributed by atoms with E-state index < -0.39 is 11.9 Å². The number of thioether (sulfide) groups is 1. The Kier molecular flexibility index (Phi) is 4.02.